The van der Waals surface area contributed by atoms with Crippen LogP contribution in [0.4, 0.5) is 11.4 Å². The average molecular weight is 435 g/mol. The quantitative estimate of drug-likeness (QED) is 0.478. The van der Waals surface area contributed by atoms with E-state index in [0.717, 1.165) is 16.8 Å². The van der Waals surface area contributed by atoms with Crippen LogP contribution < -0.4 is 9.62 Å². The highest BCUT2D eigenvalue weighted by atomic mass is 32.2. The molecule has 4 aromatic rings. The molecular weight excluding hydrogens is 412 g/mol. The Bertz CT molecular complexity index is 1300. The third-order valence-electron chi connectivity index (χ3n) is 4.79. The second-order valence-corrected chi connectivity index (χ2v) is 9.00. The molecule has 0 radical (unpaired) electrons. The first kappa shape index (κ1) is 20.6. The zero-order valence-corrected chi connectivity index (χ0v) is 18.2. The first-order valence-corrected chi connectivity index (χ1v) is 11.1. The molecule has 0 saturated heterocycles. The van der Waals surface area contributed by atoms with Gasteiger partial charge in [0.25, 0.3) is 10.0 Å². The van der Waals surface area contributed by atoms with Crippen LogP contribution in [0.5, 0.6) is 0 Å². The van der Waals surface area contributed by atoms with Crippen LogP contribution >= 0.6 is 0 Å². The lowest BCUT2D eigenvalue weighted by Gasteiger charge is -2.11. The molecule has 7 nitrogen and oxygen atoms in total. The van der Waals surface area contributed by atoms with Crippen molar-refractivity contribution in [2.45, 2.75) is 11.8 Å². The van der Waals surface area contributed by atoms with Gasteiger partial charge in [0.05, 0.1) is 16.1 Å². The molecule has 0 amide bonds. The molecule has 0 unspecified atom stereocenters. The molecule has 3 aromatic carbocycles. The predicted molar refractivity (Wildman–Crippen MR) is 121 cm³/mol. The smallest absolute Gasteiger partial charge is 0.261 e. The third kappa shape index (κ3) is 4.44. The van der Waals surface area contributed by atoms with Crippen molar-refractivity contribution in [3.63, 3.8) is 0 Å². The zero-order chi connectivity index (χ0) is 22.0. The van der Waals surface area contributed by atoms with E-state index in [9.17, 15) is 8.42 Å². The van der Waals surface area contributed by atoms with E-state index in [1.165, 1.54) is 0 Å². The molecule has 158 valence electrons. The molecule has 0 fully saturated rings. The minimum absolute atomic E-state index is 0.181. The van der Waals surface area contributed by atoms with Crippen molar-refractivity contribution in [1.29, 1.82) is 0 Å². The minimum atomic E-state index is -3.76. The van der Waals surface area contributed by atoms with Gasteiger partial charge in [-0.05, 0) is 55.5 Å². The summed E-state index contributed by atoms with van der Waals surface area (Å²) >= 11 is 0. The first-order chi connectivity index (χ1) is 14.8. The molecule has 0 saturated carbocycles. The summed E-state index contributed by atoms with van der Waals surface area (Å²) in [5.74, 6) is 0.588. The Labute approximate surface area is 181 Å². The predicted octanol–water partition coefficient (Wildman–Crippen LogP) is 4.58. The van der Waals surface area contributed by atoms with Gasteiger partial charge in [-0.15, -0.1) is 10.2 Å². The van der Waals surface area contributed by atoms with Crippen molar-refractivity contribution in [1.82, 2.24) is 10.2 Å². The maximum absolute atomic E-state index is 12.8. The lowest BCUT2D eigenvalue weighted by atomic mass is 10.2. The molecule has 0 aliphatic heterocycles. The van der Waals surface area contributed by atoms with Gasteiger partial charge in [-0.3, -0.25) is 4.72 Å². The normalized spacial score (nSPS) is 11.3. The summed E-state index contributed by atoms with van der Waals surface area (Å²) in [5.41, 5.74) is 3.68. The van der Waals surface area contributed by atoms with E-state index < -0.39 is 10.0 Å². The summed E-state index contributed by atoms with van der Waals surface area (Å²) < 4.78 is 34.1. The Balaban J connectivity index is 1.64. The van der Waals surface area contributed by atoms with Gasteiger partial charge in [-0.1, -0.05) is 29.8 Å². The number of hydrogen-bond acceptors (Lipinski definition) is 6. The standard InChI is InChI=1S/C23H22N4O3S/c1-16-8-14-19(15-9-16)31(28,29)26-21-7-5-4-6-20(21)23-25-24-22(30-23)17-10-12-18(13-11-17)27(2)3/h4-15,26H,1-3H3. The average Bonchev–Trinajstić information content (AvgIpc) is 3.24. The topological polar surface area (TPSA) is 88.3 Å². The molecule has 1 heterocycles. The van der Waals surface area contributed by atoms with Gasteiger partial charge in [-0.2, -0.15) is 0 Å². The lowest BCUT2D eigenvalue weighted by molar-refractivity contribution is 0.585. The van der Waals surface area contributed by atoms with Crippen LogP contribution in [0.1, 0.15) is 5.56 Å². The molecule has 31 heavy (non-hydrogen) atoms. The molecular formula is C23H22N4O3S. The lowest BCUT2D eigenvalue weighted by Crippen LogP contribution is -2.13. The highest BCUT2D eigenvalue weighted by molar-refractivity contribution is 7.92. The van der Waals surface area contributed by atoms with Crippen LogP contribution in [0, 0.1) is 6.92 Å². The van der Waals surface area contributed by atoms with Crippen LogP contribution in [-0.4, -0.2) is 32.7 Å². The van der Waals surface area contributed by atoms with Gasteiger partial charge in [0.1, 0.15) is 0 Å². The molecule has 0 aliphatic rings. The monoisotopic (exact) mass is 434 g/mol. The van der Waals surface area contributed by atoms with Crippen LogP contribution in [0.3, 0.4) is 0 Å². The Morgan fingerprint density at radius 3 is 2.16 bits per heavy atom. The molecule has 0 bridgehead atoms. The number of anilines is 2. The van der Waals surface area contributed by atoms with Crippen molar-refractivity contribution in [3.8, 4) is 22.9 Å². The van der Waals surface area contributed by atoms with Gasteiger partial charge >= 0.3 is 0 Å². The molecule has 1 N–H and O–H groups in total. The van der Waals surface area contributed by atoms with E-state index in [-0.39, 0.29) is 10.8 Å². The summed E-state index contributed by atoms with van der Waals surface area (Å²) in [6, 6.07) is 21.3. The van der Waals surface area contributed by atoms with Crippen molar-refractivity contribution in [3.05, 3.63) is 78.4 Å². The van der Waals surface area contributed by atoms with Gasteiger partial charge in [0, 0.05) is 25.3 Å². The van der Waals surface area contributed by atoms with E-state index in [2.05, 4.69) is 14.9 Å². The molecule has 0 spiro atoms. The summed E-state index contributed by atoms with van der Waals surface area (Å²) in [5, 5.41) is 8.27. The number of hydrogen-bond donors (Lipinski definition) is 1. The van der Waals surface area contributed by atoms with Crippen molar-refractivity contribution >= 4 is 21.4 Å². The number of sulfonamides is 1. The van der Waals surface area contributed by atoms with Crippen molar-refractivity contribution in [2.75, 3.05) is 23.7 Å². The van der Waals surface area contributed by atoms with E-state index in [0.29, 0.717) is 17.1 Å². The second-order valence-electron chi connectivity index (χ2n) is 7.32. The number of nitrogens with zero attached hydrogens (tertiary/aromatic N) is 3. The molecule has 4 rings (SSSR count). The number of benzene rings is 3. The summed E-state index contributed by atoms with van der Waals surface area (Å²) in [4.78, 5) is 2.18. The minimum Gasteiger partial charge on any atom is -0.416 e. The molecule has 0 aliphatic carbocycles. The number of nitrogens with one attached hydrogen (secondary N) is 1. The first-order valence-electron chi connectivity index (χ1n) is 9.64. The van der Waals surface area contributed by atoms with E-state index in [4.69, 9.17) is 4.42 Å². The van der Waals surface area contributed by atoms with Gasteiger partial charge in [0.15, 0.2) is 0 Å². The van der Waals surface area contributed by atoms with E-state index in [1.54, 1.807) is 48.5 Å². The highest BCUT2D eigenvalue weighted by Crippen LogP contribution is 2.31. The molecule has 0 atom stereocenters. The SMILES string of the molecule is Cc1ccc(S(=O)(=O)Nc2ccccc2-c2nnc(-c3ccc(N(C)C)cc3)o2)cc1. The fourth-order valence-electron chi connectivity index (χ4n) is 3.03. The third-order valence-corrected chi connectivity index (χ3v) is 6.17. The number of aryl methyl sites for hydroxylation is 1. The largest absolute Gasteiger partial charge is 0.416 e. The van der Waals surface area contributed by atoms with Crippen LogP contribution in [0.25, 0.3) is 22.9 Å². The Morgan fingerprint density at radius 2 is 1.48 bits per heavy atom. The fraction of sp³-hybridized carbons (Fsp3) is 0.130. The Kier molecular flexibility index (Phi) is 5.48. The second kappa shape index (κ2) is 8.23. The molecule has 8 heteroatoms. The van der Waals surface area contributed by atoms with Crippen LogP contribution in [0.2, 0.25) is 0 Å². The molecule has 1 aromatic heterocycles. The van der Waals surface area contributed by atoms with E-state index in [1.807, 2.05) is 50.2 Å². The maximum atomic E-state index is 12.8. The van der Waals surface area contributed by atoms with Crippen LogP contribution in [0.15, 0.2) is 82.1 Å². The number of aromatic nitrogens is 2. The summed E-state index contributed by atoms with van der Waals surface area (Å²) in [6.07, 6.45) is 0. The zero-order valence-electron chi connectivity index (χ0n) is 17.4. The van der Waals surface area contributed by atoms with E-state index >= 15 is 0 Å². The number of para-hydroxylation sites is 1. The Hall–Kier alpha value is -3.65. The highest BCUT2D eigenvalue weighted by Gasteiger charge is 2.19. The van der Waals surface area contributed by atoms with Crippen molar-refractivity contribution < 1.29 is 12.8 Å². The number of rotatable bonds is 6. The van der Waals surface area contributed by atoms with Crippen LogP contribution in [-0.2, 0) is 10.0 Å². The van der Waals surface area contributed by atoms with Crippen molar-refractivity contribution in [2.24, 2.45) is 0 Å². The summed E-state index contributed by atoms with van der Waals surface area (Å²) in [6.45, 7) is 1.90. The fourth-order valence-corrected chi connectivity index (χ4v) is 4.11. The van der Waals surface area contributed by atoms with Gasteiger partial charge in [0.2, 0.25) is 11.8 Å². The summed E-state index contributed by atoms with van der Waals surface area (Å²) in [7, 11) is 0.170. The maximum Gasteiger partial charge on any atom is 0.261 e. The van der Waals surface area contributed by atoms with Gasteiger partial charge in [-0.25, -0.2) is 8.42 Å². The Morgan fingerprint density at radius 1 is 0.839 bits per heavy atom. The van der Waals surface area contributed by atoms with Gasteiger partial charge < -0.3 is 9.32 Å².